The van der Waals surface area contributed by atoms with Gasteiger partial charge in [-0.25, -0.2) is 18.6 Å². The van der Waals surface area contributed by atoms with E-state index in [4.69, 9.17) is 10.2 Å². The van der Waals surface area contributed by atoms with Crippen molar-refractivity contribution < 1.29 is 13.2 Å². The summed E-state index contributed by atoms with van der Waals surface area (Å²) in [7, 11) is 0. The maximum Gasteiger partial charge on any atom is 0.330 e. The molecule has 5 aromatic rings. The highest BCUT2D eigenvalue weighted by atomic mass is 19.1. The molecular weight excluding hydrogens is 508 g/mol. The number of aromatic nitrogens is 6. The number of hydrogen-bond acceptors (Lipinski definition) is 8. The maximum absolute atomic E-state index is 14.2. The molecule has 2 fully saturated rings. The second-order valence-electron chi connectivity index (χ2n) is 10.2. The lowest BCUT2D eigenvalue weighted by Gasteiger charge is -2.36. The smallest absolute Gasteiger partial charge is 0.330 e. The standard InChI is InChI=1S/C26H27F2N9O2/c27-17-5-6-19(18(28)14-17)34-10-7-33(8-11-34)9-12-35-23-21(36(26(35)38)15-16-3-4-16)24-30-22(20-2-1-13-39-20)32-37(24)25(29)31-23/h1-2,5-6,13-14,16H,3-4,7-12,15H2,(H2,29,31). The molecule has 2 aliphatic rings. The molecule has 39 heavy (non-hydrogen) atoms. The van der Waals surface area contributed by atoms with Gasteiger partial charge in [-0.15, -0.1) is 5.10 Å². The number of hydrogen-bond donors (Lipinski definition) is 1. The molecule has 0 unspecified atom stereocenters. The molecule has 0 amide bonds. The van der Waals surface area contributed by atoms with Crippen molar-refractivity contribution in [3.63, 3.8) is 0 Å². The van der Waals surface area contributed by atoms with Gasteiger partial charge in [-0.05, 0) is 43.0 Å². The van der Waals surface area contributed by atoms with Crippen molar-refractivity contribution >= 4 is 28.4 Å². The van der Waals surface area contributed by atoms with Gasteiger partial charge in [-0.3, -0.25) is 14.0 Å². The van der Waals surface area contributed by atoms with E-state index in [2.05, 4.69) is 20.0 Å². The first kappa shape index (κ1) is 23.8. The summed E-state index contributed by atoms with van der Waals surface area (Å²) in [5.41, 5.74) is 8.11. The number of anilines is 2. The molecule has 202 valence electrons. The van der Waals surface area contributed by atoms with E-state index in [1.165, 1.54) is 16.6 Å². The minimum atomic E-state index is -0.587. The number of piperazine rings is 1. The second-order valence-corrected chi connectivity index (χ2v) is 10.2. The highest BCUT2D eigenvalue weighted by Gasteiger charge is 2.28. The zero-order valence-corrected chi connectivity index (χ0v) is 21.1. The van der Waals surface area contributed by atoms with Gasteiger partial charge in [0.05, 0.1) is 12.0 Å². The SMILES string of the molecule is Nc1nc2c(c3nc(-c4ccco4)nn13)n(CC1CC1)c(=O)n2CCN1CCN(c2ccc(F)cc2F)CC1. The third-order valence-electron chi connectivity index (χ3n) is 7.60. The first-order valence-corrected chi connectivity index (χ1v) is 13.1. The number of halogens is 2. The van der Waals surface area contributed by atoms with E-state index in [0.29, 0.717) is 85.8 Å². The molecular formula is C26H27F2N9O2. The quantitative estimate of drug-likeness (QED) is 0.338. The maximum atomic E-state index is 14.2. The highest BCUT2D eigenvalue weighted by molar-refractivity contribution is 5.88. The van der Waals surface area contributed by atoms with E-state index in [9.17, 15) is 13.6 Å². The van der Waals surface area contributed by atoms with Gasteiger partial charge in [0.2, 0.25) is 11.8 Å². The summed E-state index contributed by atoms with van der Waals surface area (Å²) in [6.45, 7) is 4.18. The molecule has 0 atom stereocenters. The molecule has 7 rings (SSSR count). The average Bonchev–Trinajstić information content (AvgIpc) is 3.29. The van der Waals surface area contributed by atoms with E-state index in [1.807, 2.05) is 4.90 Å². The molecule has 1 saturated heterocycles. The van der Waals surface area contributed by atoms with Crippen LogP contribution in [0.3, 0.4) is 0 Å². The fourth-order valence-corrected chi connectivity index (χ4v) is 5.33. The summed E-state index contributed by atoms with van der Waals surface area (Å²) in [6, 6.07) is 7.19. The molecule has 1 saturated carbocycles. The van der Waals surface area contributed by atoms with Gasteiger partial charge < -0.3 is 15.1 Å². The minimum absolute atomic E-state index is 0.134. The summed E-state index contributed by atoms with van der Waals surface area (Å²) in [4.78, 5) is 27.1. The summed E-state index contributed by atoms with van der Waals surface area (Å²) >= 11 is 0. The Labute approximate surface area is 221 Å². The number of imidazole rings is 1. The van der Waals surface area contributed by atoms with Crippen molar-refractivity contribution in [2.45, 2.75) is 25.9 Å². The fourth-order valence-electron chi connectivity index (χ4n) is 5.33. The zero-order valence-electron chi connectivity index (χ0n) is 21.1. The van der Waals surface area contributed by atoms with Crippen molar-refractivity contribution in [2.24, 2.45) is 5.92 Å². The van der Waals surface area contributed by atoms with Crippen LogP contribution in [0.15, 0.2) is 45.8 Å². The van der Waals surface area contributed by atoms with Crippen LogP contribution in [0.2, 0.25) is 0 Å². The van der Waals surface area contributed by atoms with Crippen LogP contribution in [0.25, 0.3) is 28.4 Å². The molecule has 13 heteroatoms. The minimum Gasteiger partial charge on any atom is -0.461 e. The van der Waals surface area contributed by atoms with Crippen LogP contribution in [0.1, 0.15) is 12.8 Å². The van der Waals surface area contributed by atoms with Gasteiger partial charge >= 0.3 is 5.69 Å². The molecule has 11 nitrogen and oxygen atoms in total. The Morgan fingerprint density at radius 2 is 1.82 bits per heavy atom. The van der Waals surface area contributed by atoms with E-state index in [0.717, 1.165) is 18.9 Å². The topological polar surface area (TPSA) is 116 Å². The van der Waals surface area contributed by atoms with Crippen LogP contribution in [0, 0.1) is 17.6 Å². The summed E-state index contributed by atoms with van der Waals surface area (Å²) < 4.78 is 37.9. The Balaban J connectivity index is 1.17. The molecule has 0 radical (unpaired) electrons. The van der Waals surface area contributed by atoms with Crippen LogP contribution in [-0.2, 0) is 13.1 Å². The van der Waals surface area contributed by atoms with Gasteiger partial charge in [0.15, 0.2) is 17.1 Å². The van der Waals surface area contributed by atoms with Crippen LogP contribution in [0.5, 0.6) is 0 Å². The van der Waals surface area contributed by atoms with E-state index in [1.54, 1.807) is 27.5 Å². The van der Waals surface area contributed by atoms with Crippen LogP contribution < -0.4 is 16.3 Å². The van der Waals surface area contributed by atoms with Crippen molar-refractivity contribution in [1.29, 1.82) is 0 Å². The van der Waals surface area contributed by atoms with Gasteiger partial charge in [-0.2, -0.15) is 9.50 Å². The predicted octanol–water partition coefficient (Wildman–Crippen LogP) is 2.59. The van der Waals surface area contributed by atoms with Crippen molar-refractivity contribution in [3.8, 4) is 11.6 Å². The third kappa shape index (κ3) is 4.22. The number of fused-ring (bicyclic) bond motifs is 3. The van der Waals surface area contributed by atoms with Crippen molar-refractivity contribution in [2.75, 3.05) is 43.4 Å². The number of nitrogens with two attached hydrogens (primary N) is 1. The predicted molar refractivity (Wildman–Crippen MR) is 140 cm³/mol. The van der Waals surface area contributed by atoms with Crippen molar-refractivity contribution in [1.82, 2.24) is 33.6 Å². The Bertz CT molecular complexity index is 1730. The zero-order chi connectivity index (χ0) is 26.7. The monoisotopic (exact) mass is 535 g/mol. The largest absolute Gasteiger partial charge is 0.461 e. The third-order valence-corrected chi connectivity index (χ3v) is 7.60. The molecule has 4 aromatic heterocycles. The van der Waals surface area contributed by atoms with E-state index >= 15 is 0 Å². The van der Waals surface area contributed by atoms with Gasteiger partial charge in [0, 0.05) is 51.9 Å². The number of furan rings is 1. The van der Waals surface area contributed by atoms with E-state index < -0.39 is 11.6 Å². The summed E-state index contributed by atoms with van der Waals surface area (Å²) in [5, 5.41) is 4.48. The first-order chi connectivity index (χ1) is 19.0. The van der Waals surface area contributed by atoms with E-state index in [-0.39, 0.29) is 11.6 Å². The number of rotatable bonds is 7. The van der Waals surface area contributed by atoms with Gasteiger partial charge in [0.1, 0.15) is 17.2 Å². The Morgan fingerprint density at radius 1 is 1.00 bits per heavy atom. The lowest BCUT2D eigenvalue weighted by atomic mass is 10.2. The molecule has 0 spiro atoms. The molecule has 2 N–H and O–H groups in total. The Kier molecular flexibility index (Phi) is 5.61. The lowest BCUT2D eigenvalue weighted by Crippen LogP contribution is -2.47. The lowest BCUT2D eigenvalue weighted by molar-refractivity contribution is 0.247. The van der Waals surface area contributed by atoms with Gasteiger partial charge in [0.25, 0.3) is 0 Å². The molecule has 1 aliphatic carbocycles. The molecule has 0 bridgehead atoms. The molecule has 5 heterocycles. The second kappa shape index (κ2) is 9.19. The Hall–Kier alpha value is -4.26. The highest BCUT2D eigenvalue weighted by Crippen LogP contribution is 2.32. The molecule has 1 aromatic carbocycles. The normalized spacial score (nSPS) is 16.6. The summed E-state index contributed by atoms with van der Waals surface area (Å²) in [6.07, 6.45) is 3.72. The Morgan fingerprint density at radius 3 is 2.54 bits per heavy atom. The van der Waals surface area contributed by atoms with Crippen LogP contribution in [0.4, 0.5) is 20.4 Å². The number of nitrogens with zero attached hydrogens (tertiary/aromatic N) is 8. The first-order valence-electron chi connectivity index (χ1n) is 13.1. The number of benzene rings is 1. The average molecular weight is 536 g/mol. The fraction of sp³-hybridized carbons (Fsp3) is 0.385. The van der Waals surface area contributed by atoms with Gasteiger partial charge in [-0.1, -0.05) is 0 Å². The van der Waals surface area contributed by atoms with Crippen LogP contribution in [-0.4, -0.2) is 66.3 Å². The summed E-state index contributed by atoms with van der Waals surface area (Å²) in [5.74, 6) is 0.311. The molecule has 1 aliphatic heterocycles. The number of nitrogen functional groups attached to an aromatic ring is 1. The van der Waals surface area contributed by atoms with Crippen LogP contribution >= 0.6 is 0 Å². The van der Waals surface area contributed by atoms with Crippen molar-refractivity contribution in [3.05, 3.63) is 58.7 Å².